The summed E-state index contributed by atoms with van der Waals surface area (Å²) in [5, 5.41) is 0. The molecule has 2 aromatic rings. The summed E-state index contributed by atoms with van der Waals surface area (Å²) < 4.78 is 5.32. The third kappa shape index (κ3) is 2.13. The second-order valence-electron chi connectivity index (χ2n) is 3.05. The molecule has 0 bridgehead atoms. The Morgan fingerprint density at radius 2 is 1.87 bits per heavy atom. The highest BCUT2D eigenvalue weighted by Crippen LogP contribution is 2.24. The van der Waals surface area contributed by atoms with Crippen molar-refractivity contribution in [3.63, 3.8) is 0 Å². The number of benzene rings is 1. The van der Waals surface area contributed by atoms with Crippen molar-refractivity contribution in [3.8, 4) is 11.3 Å². The smallest absolute Gasteiger partial charge is 0.185 e. The standard InChI is InChI=1S/C12H10O2S/c1-15-11-5-2-9(3-6-11)12-7-4-10(8-13)14-12/h2-8H,1H3. The second kappa shape index (κ2) is 4.36. The van der Waals surface area contributed by atoms with E-state index in [9.17, 15) is 4.79 Å². The third-order valence-corrected chi connectivity index (χ3v) is 2.86. The van der Waals surface area contributed by atoms with E-state index in [0.717, 1.165) is 11.3 Å². The highest BCUT2D eigenvalue weighted by atomic mass is 32.2. The number of carbonyl (C=O) groups is 1. The van der Waals surface area contributed by atoms with Gasteiger partial charge < -0.3 is 4.42 Å². The minimum atomic E-state index is 0.360. The van der Waals surface area contributed by atoms with Crippen LogP contribution in [0, 0.1) is 0 Å². The number of furan rings is 1. The summed E-state index contributed by atoms with van der Waals surface area (Å²) in [5.41, 5.74) is 0.987. The van der Waals surface area contributed by atoms with Gasteiger partial charge in [0.25, 0.3) is 0 Å². The molecule has 0 spiro atoms. The zero-order chi connectivity index (χ0) is 10.7. The fourth-order valence-electron chi connectivity index (χ4n) is 1.33. The van der Waals surface area contributed by atoms with Gasteiger partial charge in [0.1, 0.15) is 5.76 Å². The van der Waals surface area contributed by atoms with Crippen molar-refractivity contribution in [2.24, 2.45) is 0 Å². The van der Waals surface area contributed by atoms with Crippen LogP contribution in [0.1, 0.15) is 10.6 Å². The topological polar surface area (TPSA) is 30.2 Å². The van der Waals surface area contributed by atoms with Crippen LogP contribution in [0.5, 0.6) is 0 Å². The van der Waals surface area contributed by atoms with Crippen molar-refractivity contribution < 1.29 is 9.21 Å². The Morgan fingerprint density at radius 1 is 1.13 bits per heavy atom. The number of carbonyl (C=O) groups excluding carboxylic acids is 1. The predicted octanol–water partition coefficient (Wildman–Crippen LogP) is 3.48. The van der Waals surface area contributed by atoms with Gasteiger partial charge in [0.05, 0.1) is 0 Å². The van der Waals surface area contributed by atoms with Crippen LogP contribution in [0.2, 0.25) is 0 Å². The Hall–Kier alpha value is -1.48. The summed E-state index contributed by atoms with van der Waals surface area (Å²) in [6, 6.07) is 11.5. The minimum Gasteiger partial charge on any atom is -0.453 e. The molecule has 76 valence electrons. The Balaban J connectivity index is 2.32. The van der Waals surface area contributed by atoms with E-state index in [1.165, 1.54) is 4.90 Å². The largest absolute Gasteiger partial charge is 0.453 e. The summed E-state index contributed by atoms with van der Waals surface area (Å²) in [7, 11) is 0. The summed E-state index contributed by atoms with van der Waals surface area (Å²) in [4.78, 5) is 11.7. The van der Waals surface area contributed by atoms with Gasteiger partial charge in [-0.15, -0.1) is 11.8 Å². The molecule has 0 aliphatic heterocycles. The van der Waals surface area contributed by atoms with Crippen molar-refractivity contribution in [2.75, 3.05) is 6.26 Å². The number of hydrogen-bond acceptors (Lipinski definition) is 3. The van der Waals surface area contributed by atoms with Crippen LogP contribution in [0.25, 0.3) is 11.3 Å². The van der Waals surface area contributed by atoms with Gasteiger partial charge in [0.2, 0.25) is 0 Å². The molecular formula is C12H10O2S. The van der Waals surface area contributed by atoms with E-state index in [0.29, 0.717) is 12.0 Å². The fraction of sp³-hybridized carbons (Fsp3) is 0.0833. The Morgan fingerprint density at radius 3 is 2.40 bits per heavy atom. The molecule has 0 radical (unpaired) electrons. The molecule has 3 heteroatoms. The van der Waals surface area contributed by atoms with E-state index >= 15 is 0 Å². The third-order valence-electron chi connectivity index (χ3n) is 2.12. The molecule has 0 aliphatic carbocycles. The van der Waals surface area contributed by atoms with Gasteiger partial charge in [-0.3, -0.25) is 4.79 Å². The first-order valence-electron chi connectivity index (χ1n) is 4.53. The summed E-state index contributed by atoms with van der Waals surface area (Å²) in [5.74, 6) is 1.09. The van der Waals surface area contributed by atoms with E-state index in [-0.39, 0.29) is 0 Å². The number of thioether (sulfide) groups is 1. The maximum absolute atomic E-state index is 10.5. The van der Waals surface area contributed by atoms with Crippen molar-refractivity contribution >= 4 is 18.0 Å². The molecule has 0 saturated carbocycles. The van der Waals surface area contributed by atoms with Crippen LogP contribution in [-0.2, 0) is 0 Å². The lowest BCUT2D eigenvalue weighted by Crippen LogP contribution is -1.74. The molecule has 15 heavy (non-hydrogen) atoms. The Labute approximate surface area is 92.3 Å². The number of aldehydes is 1. The molecule has 1 aromatic carbocycles. The average molecular weight is 218 g/mol. The summed E-state index contributed by atoms with van der Waals surface area (Å²) in [6.45, 7) is 0. The number of rotatable bonds is 3. The van der Waals surface area contributed by atoms with Gasteiger partial charge >= 0.3 is 0 Å². The maximum atomic E-state index is 10.5. The molecule has 2 nitrogen and oxygen atoms in total. The molecule has 0 atom stereocenters. The Kier molecular flexibility index (Phi) is 2.92. The van der Waals surface area contributed by atoms with Crippen LogP contribution in [0.15, 0.2) is 45.7 Å². The minimum absolute atomic E-state index is 0.360. The van der Waals surface area contributed by atoms with E-state index in [4.69, 9.17) is 4.42 Å². The molecular weight excluding hydrogens is 208 g/mol. The first kappa shape index (κ1) is 10.1. The lowest BCUT2D eigenvalue weighted by Gasteiger charge is -1.98. The molecule has 0 fully saturated rings. The quantitative estimate of drug-likeness (QED) is 0.583. The van der Waals surface area contributed by atoms with Crippen LogP contribution >= 0.6 is 11.8 Å². The van der Waals surface area contributed by atoms with Crippen molar-refractivity contribution in [1.29, 1.82) is 0 Å². The van der Waals surface area contributed by atoms with E-state index in [2.05, 4.69) is 0 Å². The molecule has 1 heterocycles. The average Bonchev–Trinajstić information content (AvgIpc) is 2.78. The van der Waals surface area contributed by atoms with Gasteiger partial charge in [0.15, 0.2) is 12.0 Å². The van der Waals surface area contributed by atoms with Crippen molar-refractivity contribution in [1.82, 2.24) is 0 Å². The maximum Gasteiger partial charge on any atom is 0.185 e. The lowest BCUT2D eigenvalue weighted by atomic mass is 10.2. The van der Waals surface area contributed by atoms with Gasteiger partial charge in [-0.25, -0.2) is 0 Å². The van der Waals surface area contributed by atoms with E-state index in [1.807, 2.05) is 30.5 Å². The zero-order valence-corrected chi connectivity index (χ0v) is 9.08. The van der Waals surface area contributed by atoms with Crippen LogP contribution in [-0.4, -0.2) is 12.5 Å². The summed E-state index contributed by atoms with van der Waals surface area (Å²) in [6.07, 6.45) is 2.74. The highest BCUT2D eigenvalue weighted by molar-refractivity contribution is 7.98. The van der Waals surface area contributed by atoms with Crippen LogP contribution in [0.3, 0.4) is 0 Å². The van der Waals surface area contributed by atoms with Gasteiger partial charge in [-0.1, -0.05) is 12.1 Å². The molecule has 0 aliphatic rings. The van der Waals surface area contributed by atoms with Gasteiger partial charge in [0, 0.05) is 10.5 Å². The van der Waals surface area contributed by atoms with E-state index < -0.39 is 0 Å². The normalized spacial score (nSPS) is 10.2. The van der Waals surface area contributed by atoms with Crippen LogP contribution in [0.4, 0.5) is 0 Å². The first-order valence-corrected chi connectivity index (χ1v) is 5.75. The fourth-order valence-corrected chi connectivity index (χ4v) is 1.73. The second-order valence-corrected chi connectivity index (χ2v) is 3.93. The van der Waals surface area contributed by atoms with Crippen molar-refractivity contribution in [3.05, 3.63) is 42.2 Å². The SMILES string of the molecule is CSc1ccc(-c2ccc(C=O)o2)cc1. The molecule has 0 N–H and O–H groups in total. The molecule has 0 unspecified atom stereocenters. The zero-order valence-electron chi connectivity index (χ0n) is 8.27. The van der Waals surface area contributed by atoms with Crippen LogP contribution < -0.4 is 0 Å². The highest BCUT2D eigenvalue weighted by Gasteiger charge is 2.03. The first-order chi connectivity index (χ1) is 7.33. The molecule has 0 saturated heterocycles. The van der Waals surface area contributed by atoms with Crippen molar-refractivity contribution in [2.45, 2.75) is 4.90 Å². The monoisotopic (exact) mass is 218 g/mol. The summed E-state index contributed by atoms with van der Waals surface area (Å²) >= 11 is 1.70. The Bertz CT molecular complexity index is 457. The molecule has 2 rings (SSSR count). The van der Waals surface area contributed by atoms with Gasteiger partial charge in [-0.05, 0) is 30.5 Å². The lowest BCUT2D eigenvalue weighted by molar-refractivity contribution is 0.110. The predicted molar refractivity (Wildman–Crippen MR) is 61.3 cm³/mol. The number of hydrogen-bond donors (Lipinski definition) is 0. The van der Waals surface area contributed by atoms with E-state index in [1.54, 1.807) is 23.9 Å². The van der Waals surface area contributed by atoms with Gasteiger partial charge in [-0.2, -0.15) is 0 Å². The molecule has 1 aromatic heterocycles. The molecule has 0 amide bonds.